The van der Waals surface area contributed by atoms with Gasteiger partial charge in [0, 0.05) is 28.5 Å². The van der Waals surface area contributed by atoms with Crippen LogP contribution < -0.4 is 5.43 Å². The van der Waals surface area contributed by atoms with Gasteiger partial charge in [0.25, 0.3) is 5.91 Å². The lowest BCUT2D eigenvalue weighted by molar-refractivity contribution is 0.0955. The van der Waals surface area contributed by atoms with Gasteiger partial charge in [0.1, 0.15) is 11.5 Å². The Balaban J connectivity index is 1.70. The fraction of sp³-hybridized carbons (Fsp3) is 0. The highest BCUT2D eigenvalue weighted by molar-refractivity contribution is 6.35. The van der Waals surface area contributed by atoms with E-state index >= 15 is 0 Å². The minimum Gasteiger partial charge on any atom is -0.455 e. The van der Waals surface area contributed by atoms with E-state index in [0.717, 1.165) is 0 Å². The van der Waals surface area contributed by atoms with Gasteiger partial charge < -0.3 is 4.42 Å². The average Bonchev–Trinajstić information content (AvgIpc) is 3.06. The van der Waals surface area contributed by atoms with Crippen LogP contribution in [-0.2, 0) is 0 Å². The molecule has 0 aliphatic rings. The first kappa shape index (κ1) is 16.2. The van der Waals surface area contributed by atoms with E-state index in [-0.39, 0.29) is 5.91 Å². The highest BCUT2D eigenvalue weighted by Crippen LogP contribution is 2.31. The molecule has 0 unspecified atom stereocenters. The summed E-state index contributed by atoms with van der Waals surface area (Å²) in [5.41, 5.74) is 3.56. The van der Waals surface area contributed by atoms with Crippen molar-refractivity contribution in [3.05, 3.63) is 76.2 Å². The summed E-state index contributed by atoms with van der Waals surface area (Å²) in [5, 5.41) is 4.96. The highest BCUT2D eigenvalue weighted by atomic mass is 35.5. The lowest BCUT2D eigenvalue weighted by Gasteiger charge is -2.01. The van der Waals surface area contributed by atoms with E-state index in [1.54, 1.807) is 42.5 Å². The van der Waals surface area contributed by atoms with Gasteiger partial charge in [-0.25, -0.2) is 5.43 Å². The molecular formula is C17H11Cl2N3O2. The molecule has 2 heterocycles. The van der Waals surface area contributed by atoms with E-state index in [4.69, 9.17) is 27.6 Å². The molecule has 0 aliphatic heterocycles. The number of halogens is 2. The van der Waals surface area contributed by atoms with Crippen molar-refractivity contribution >= 4 is 35.3 Å². The smallest absolute Gasteiger partial charge is 0.271 e. The van der Waals surface area contributed by atoms with E-state index in [2.05, 4.69) is 15.5 Å². The maximum absolute atomic E-state index is 11.8. The van der Waals surface area contributed by atoms with Crippen LogP contribution in [0.3, 0.4) is 0 Å². The molecule has 2 aromatic heterocycles. The fourth-order valence-corrected chi connectivity index (χ4v) is 2.36. The molecule has 0 aliphatic carbocycles. The van der Waals surface area contributed by atoms with E-state index in [1.165, 1.54) is 18.6 Å². The Morgan fingerprint density at radius 1 is 1.12 bits per heavy atom. The zero-order valence-corrected chi connectivity index (χ0v) is 13.8. The van der Waals surface area contributed by atoms with Crippen LogP contribution in [0, 0.1) is 0 Å². The standard InChI is InChI=1S/C17H11Cl2N3O2/c18-12-1-3-15(19)14(9-12)16-4-2-13(24-16)10-21-22-17(23)11-5-7-20-8-6-11/h1-10H,(H,22,23)/b21-10-. The fourth-order valence-electron chi connectivity index (χ4n) is 1.98. The predicted octanol–water partition coefficient (Wildman–Crippen LogP) is 4.41. The molecule has 7 heteroatoms. The number of pyridine rings is 1. The first-order valence-corrected chi connectivity index (χ1v) is 7.68. The van der Waals surface area contributed by atoms with Crippen molar-refractivity contribution in [1.82, 2.24) is 10.4 Å². The summed E-state index contributed by atoms with van der Waals surface area (Å²) >= 11 is 12.1. The summed E-state index contributed by atoms with van der Waals surface area (Å²) < 4.78 is 5.64. The Hall–Kier alpha value is -2.63. The summed E-state index contributed by atoms with van der Waals surface area (Å²) in [6.45, 7) is 0. The van der Waals surface area contributed by atoms with Crippen molar-refractivity contribution in [3.8, 4) is 11.3 Å². The minimum absolute atomic E-state index is 0.335. The summed E-state index contributed by atoms with van der Waals surface area (Å²) in [6, 6.07) is 11.8. The van der Waals surface area contributed by atoms with Crippen molar-refractivity contribution in [1.29, 1.82) is 0 Å². The van der Waals surface area contributed by atoms with Crippen molar-refractivity contribution < 1.29 is 9.21 Å². The van der Waals surface area contributed by atoms with Crippen LogP contribution in [0.4, 0.5) is 0 Å². The van der Waals surface area contributed by atoms with Gasteiger partial charge in [-0.05, 0) is 42.5 Å². The first-order valence-electron chi connectivity index (χ1n) is 6.92. The molecule has 1 amide bonds. The number of nitrogens with one attached hydrogen (secondary N) is 1. The number of furan rings is 1. The molecule has 24 heavy (non-hydrogen) atoms. The summed E-state index contributed by atoms with van der Waals surface area (Å²) in [6.07, 6.45) is 4.47. The van der Waals surface area contributed by atoms with Crippen molar-refractivity contribution in [2.24, 2.45) is 5.10 Å². The molecule has 0 radical (unpaired) electrons. The predicted molar refractivity (Wildman–Crippen MR) is 93.5 cm³/mol. The van der Waals surface area contributed by atoms with Gasteiger partial charge in [0.15, 0.2) is 0 Å². The van der Waals surface area contributed by atoms with Crippen molar-refractivity contribution in [2.45, 2.75) is 0 Å². The molecule has 0 bridgehead atoms. The normalized spacial score (nSPS) is 10.9. The van der Waals surface area contributed by atoms with Crippen LogP contribution >= 0.6 is 23.2 Å². The number of benzene rings is 1. The molecule has 0 fully saturated rings. The third-order valence-electron chi connectivity index (χ3n) is 3.12. The Morgan fingerprint density at radius 3 is 2.71 bits per heavy atom. The zero-order valence-electron chi connectivity index (χ0n) is 12.2. The first-order chi connectivity index (χ1) is 11.6. The Bertz CT molecular complexity index is 892. The van der Waals surface area contributed by atoms with Crippen molar-refractivity contribution in [2.75, 3.05) is 0 Å². The van der Waals surface area contributed by atoms with Crippen molar-refractivity contribution in [3.63, 3.8) is 0 Å². The average molecular weight is 360 g/mol. The highest BCUT2D eigenvalue weighted by Gasteiger charge is 2.09. The number of carbonyl (C=O) groups is 1. The molecule has 0 saturated heterocycles. The lowest BCUT2D eigenvalue weighted by Crippen LogP contribution is -2.17. The quantitative estimate of drug-likeness (QED) is 0.554. The van der Waals surface area contributed by atoms with E-state index in [9.17, 15) is 4.79 Å². The third kappa shape index (κ3) is 3.82. The Labute approximate surface area is 147 Å². The SMILES string of the molecule is O=C(N/N=C\c1ccc(-c2cc(Cl)ccc2Cl)o1)c1ccncc1. The number of aromatic nitrogens is 1. The molecule has 5 nitrogen and oxygen atoms in total. The maximum Gasteiger partial charge on any atom is 0.271 e. The monoisotopic (exact) mass is 359 g/mol. The van der Waals surface area contributed by atoms with Gasteiger partial charge in [-0.1, -0.05) is 23.2 Å². The Morgan fingerprint density at radius 2 is 1.92 bits per heavy atom. The number of hydrogen-bond donors (Lipinski definition) is 1. The van der Waals surface area contributed by atoms with Gasteiger partial charge in [0.2, 0.25) is 0 Å². The van der Waals surface area contributed by atoms with Crippen LogP contribution in [-0.4, -0.2) is 17.1 Å². The molecule has 0 saturated carbocycles. The van der Waals surface area contributed by atoms with Gasteiger partial charge >= 0.3 is 0 Å². The van der Waals surface area contributed by atoms with Crippen LogP contribution in [0.2, 0.25) is 10.0 Å². The zero-order chi connectivity index (χ0) is 16.9. The molecular weight excluding hydrogens is 349 g/mol. The molecule has 120 valence electrons. The van der Waals surface area contributed by atoms with Crippen LogP contribution in [0.5, 0.6) is 0 Å². The van der Waals surface area contributed by atoms with Gasteiger partial charge in [0.05, 0.1) is 11.2 Å². The molecule has 3 rings (SSSR count). The van der Waals surface area contributed by atoms with Gasteiger partial charge in [-0.3, -0.25) is 9.78 Å². The summed E-state index contributed by atoms with van der Waals surface area (Å²) in [7, 11) is 0. The largest absolute Gasteiger partial charge is 0.455 e. The number of hydrazone groups is 1. The Kier molecular flexibility index (Phi) is 4.93. The topological polar surface area (TPSA) is 67.5 Å². The second-order valence-electron chi connectivity index (χ2n) is 4.76. The number of carbonyl (C=O) groups excluding carboxylic acids is 1. The number of amides is 1. The minimum atomic E-state index is -0.335. The second kappa shape index (κ2) is 7.29. The number of rotatable bonds is 4. The lowest BCUT2D eigenvalue weighted by atomic mass is 10.2. The molecule has 3 aromatic rings. The number of nitrogens with zero attached hydrogens (tertiary/aromatic N) is 2. The third-order valence-corrected chi connectivity index (χ3v) is 3.69. The van der Waals surface area contributed by atoms with Gasteiger partial charge in [-0.2, -0.15) is 5.10 Å². The molecule has 0 atom stereocenters. The van der Waals surface area contributed by atoms with Gasteiger partial charge in [-0.15, -0.1) is 0 Å². The molecule has 1 aromatic carbocycles. The van der Waals surface area contributed by atoms with Crippen LogP contribution in [0.15, 0.2) is 64.4 Å². The number of hydrogen-bond acceptors (Lipinski definition) is 4. The molecule has 1 N–H and O–H groups in total. The summed E-state index contributed by atoms with van der Waals surface area (Å²) in [4.78, 5) is 15.7. The van der Waals surface area contributed by atoms with Crippen LogP contribution in [0.1, 0.15) is 16.1 Å². The molecule has 0 spiro atoms. The summed E-state index contributed by atoms with van der Waals surface area (Å²) in [5.74, 6) is 0.693. The maximum atomic E-state index is 11.8. The van der Waals surface area contributed by atoms with Crippen LogP contribution in [0.25, 0.3) is 11.3 Å². The van der Waals surface area contributed by atoms with E-state index in [1.807, 2.05) is 0 Å². The van der Waals surface area contributed by atoms with E-state index in [0.29, 0.717) is 32.7 Å². The van der Waals surface area contributed by atoms with E-state index < -0.39 is 0 Å². The second-order valence-corrected chi connectivity index (χ2v) is 5.60.